The van der Waals surface area contributed by atoms with Gasteiger partial charge in [0, 0.05) is 26.2 Å². The molecule has 0 unspecified atom stereocenters. The maximum atomic E-state index is 2.12. The average Bonchev–Trinajstić information content (AvgIpc) is 2.33. The Morgan fingerprint density at radius 1 is 0.786 bits per heavy atom. The summed E-state index contributed by atoms with van der Waals surface area (Å²) in [7, 11) is 0. The van der Waals surface area contributed by atoms with Gasteiger partial charge in [-0.25, -0.2) is 0 Å². The van der Waals surface area contributed by atoms with Crippen LogP contribution in [-0.4, -0.2) is 0 Å². The Kier molecular flexibility index (Phi) is 18.1. The van der Waals surface area contributed by atoms with Crippen molar-refractivity contribution in [2.45, 2.75) is 0 Å². The standard InChI is InChI=1S/C9H7.4CH3.Zr/c1-2-5-9-7-3-6-8(9)4-1;;;;;/h1-7H;4*1H3;/q5*-1;. The molecule has 0 heterocycles. The Balaban J connectivity index is -0.0000001000. The Labute approximate surface area is 109 Å². The normalized spacial score (nSPS) is 6.57. The first-order chi connectivity index (χ1) is 4.47. The molecule has 2 aromatic rings. The van der Waals surface area contributed by atoms with Crippen LogP contribution in [0.4, 0.5) is 0 Å². The first kappa shape index (κ1) is 23.5. The van der Waals surface area contributed by atoms with Gasteiger partial charge in [-0.05, 0) is 0 Å². The Morgan fingerprint density at radius 2 is 1.36 bits per heavy atom. The number of hydrogen-bond acceptors (Lipinski definition) is 0. The van der Waals surface area contributed by atoms with Crippen molar-refractivity contribution in [1.82, 2.24) is 0 Å². The molecule has 0 radical (unpaired) electrons. The summed E-state index contributed by atoms with van der Waals surface area (Å²) in [5, 5.41) is 2.66. The molecule has 0 N–H and O–H groups in total. The molecular weight excluding hydrogens is 247 g/mol. The van der Waals surface area contributed by atoms with E-state index < -0.39 is 0 Å². The van der Waals surface area contributed by atoms with Gasteiger partial charge in [0.1, 0.15) is 0 Å². The molecule has 0 amide bonds. The molecule has 0 bridgehead atoms. The minimum atomic E-state index is 0. The minimum absolute atomic E-state index is 0. The summed E-state index contributed by atoms with van der Waals surface area (Å²) in [6, 6.07) is 14.7. The van der Waals surface area contributed by atoms with Gasteiger partial charge in [-0.2, -0.15) is 17.5 Å². The zero-order valence-electron chi connectivity index (χ0n) is 9.54. The zero-order chi connectivity index (χ0) is 6.10. The summed E-state index contributed by atoms with van der Waals surface area (Å²) in [4.78, 5) is 0. The van der Waals surface area contributed by atoms with Gasteiger partial charge < -0.3 is 29.7 Å². The van der Waals surface area contributed by atoms with Crippen molar-refractivity contribution in [1.29, 1.82) is 0 Å². The first-order valence-electron chi connectivity index (χ1n) is 3.07. The summed E-state index contributed by atoms with van der Waals surface area (Å²) in [5.41, 5.74) is 0. The number of benzene rings is 1. The van der Waals surface area contributed by atoms with E-state index in [4.69, 9.17) is 0 Å². The molecule has 1 heteroatoms. The van der Waals surface area contributed by atoms with E-state index in [2.05, 4.69) is 42.5 Å². The van der Waals surface area contributed by atoms with Crippen molar-refractivity contribution < 1.29 is 26.2 Å². The molecule has 80 valence electrons. The Bertz CT molecular complexity index is 279. The smallest absolute Gasteiger partial charge is 0 e. The summed E-state index contributed by atoms with van der Waals surface area (Å²) < 4.78 is 0. The predicted molar refractivity (Wildman–Crippen MR) is 65.2 cm³/mol. The SMILES string of the molecule is [CH3-].[CH3-].[CH3-].[CH3-].[Zr].c1ccc2[cH-]ccc2c1. The fourth-order valence-corrected chi connectivity index (χ4v) is 1.07. The third kappa shape index (κ3) is 4.81. The largest absolute Gasteiger partial charge is 0.358 e. The van der Waals surface area contributed by atoms with Crippen LogP contribution >= 0.6 is 0 Å². The predicted octanol–water partition coefficient (Wildman–Crippen LogP) is 4.36. The monoisotopic (exact) mass is 265 g/mol. The van der Waals surface area contributed by atoms with Gasteiger partial charge in [0.15, 0.2) is 0 Å². The molecule has 0 aliphatic carbocycles. The van der Waals surface area contributed by atoms with Crippen LogP contribution in [-0.2, 0) is 26.2 Å². The fourth-order valence-electron chi connectivity index (χ4n) is 1.07. The number of fused-ring (bicyclic) bond motifs is 1. The van der Waals surface area contributed by atoms with Gasteiger partial charge in [-0.15, -0.1) is 29.7 Å². The molecule has 0 atom stereocenters. The molecule has 2 aromatic carbocycles. The van der Waals surface area contributed by atoms with E-state index in [-0.39, 0.29) is 55.9 Å². The van der Waals surface area contributed by atoms with Gasteiger partial charge in [-0.3, -0.25) is 0 Å². The van der Waals surface area contributed by atoms with E-state index in [0.29, 0.717) is 0 Å². The van der Waals surface area contributed by atoms with E-state index in [1.54, 1.807) is 0 Å². The number of rotatable bonds is 0. The van der Waals surface area contributed by atoms with Gasteiger partial charge in [0.25, 0.3) is 0 Å². The average molecular weight is 267 g/mol. The van der Waals surface area contributed by atoms with E-state index in [9.17, 15) is 0 Å². The number of hydrogen-bond donors (Lipinski definition) is 0. The molecule has 0 aromatic heterocycles. The van der Waals surface area contributed by atoms with Gasteiger partial charge in [-0.1, -0.05) is 6.07 Å². The van der Waals surface area contributed by atoms with Gasteiger partial charge >= 0.3 is 0 Å². The van der Waals surface area contributed by atoms with Gasteiger partial charge in [0.05, 0.1) is 0 Å². The molecule has 0 spiro atoms. The second-order valence-electron chi connectivity index (χ2n) is 2.15. The summed E-state index contributed by atoms with van der Waals surface area (Å²) in [6.45, 7) is 0. The third-order valence-electron chi connectivity index (χ3n) is 1.55. The van der Waals surface area contributed by atoms with Gasteiger partial charge in [0.2, 0.25) is 0 Å². The molecule has 0 aliphatic heterocycles. The third-order valence-corrected chi connectivity index (χ3v) is 1.55. The van der Waals surface area contributed by atoms with E-state index in [0.717, 1.165) is 0 Å². The van der Waals surface area contributed by atoms with Crippen LogP contribution in [0.15, 0.2) is 42.5 Å². The Hall–Kier alpha value is -0.287. The van der Waals surface area contributed by atoms with Crippen LogP contribution in [0.5, 0.6) is 0 Å². The van der Waals surface area contributed by atoms with E-state index in [1.165, 1.54) is 10.8 Å². The van der Waals surface area contributed by atoms with Crippen molar-refractivity contribution in [2.24, 2.45) is 0 Å². The van der Waals surface area contributed by atoms with Crippen LogP contribution < -0.4 is 0 Å². The molecule has 0 nitrogen and oxygen atoms in total. The van der Waals surface area contributed by atoms with Crippen molar-refractivity contribution in [3.63, 3.8) is 0 Å². The van der Waals surface area contributed by atoms with Crippen LogP contribution in [0.25, 0.3) is 10.8 Å². The molecular formula is C13H19Zr-5. The molecule has 0 saturated carbocycles. The summed E-state index contributed by atoms with van der Waals surface area (Å²) in [6.07, 6.45) is 0. The van der Waals surface area contributed by atoms with Crippen LogP contribution in [0.3, 0.4) is 0 Å². The molecule has 0 fully saturated rings. The first-order valence-corrected chi connectivity index (χ1v) is 3.07. The quantitative estimate of drug-likeness (QED) is 0.622. The minimum Gasteiger partial charge on any atom is -0.358 e. The topological polar surface area (TPSA) is 0 Å². The van der Waals surface area contributed by atoms with Crippen molar-refractivity contribution in [3.05, 3.63) is 72.2 Å². The molecule has 0 aliphatic rings. The molecule has 0 saturated heterocycles. The molecule has 2 rings (SSSR count). The fraction of sp³-hybridized carbons (Fsp3) is 0. The summed E-state index contributed by atoms with van der Waals surface area (Å²) >= 11 is 0. The summed E-state index contributed by atoms with van der Waals surface area (Å²) in [5.74, 6) is 0. The maximum Gasteiger partial charge on any atom is 0 e. The Morgan fingerprint density at radius 3 is 1.93 bits per heavy atom. The van der Waals surface area contributed by atoms with Crippen LogP contribution in [0.2, 0.25) is 0 Å². The van der Waals surface area contributed by atoms with Crippen molar-refractivity contribution in [3.8, 4) is 0 Å². The maximum absolute atomic E-state index is 2.12. The molecule has 14 heavy (non-hydrogen) atoms. The van der Waals surface area contributed by atoms with E-state index in [1.807, 2.05) is 0 Å². The van der Waals surface area contributed by atoms with Crippen LogP contribution in [0.1, 0.15) is 0 Å². The second kappa shape index (κ2) is 10.8. The van der Waals surface area contributed by atoms with E-state index >= 15 is 0 Å². The van der Waals surface area contributed by atoms with Crippen molar-refractivity contribution in [2.75, 3.05) is 0 Å². The second-order valence-corrected chi connectivity index (χ2v) is 2.15. The van der Waals surface area contributed by atoms with Crippen molar-refractivity contribution >= 4 is 10.8 Å². The van der Waals surface area contributed by atoms with Crippen LogP contribution in [0, 0.1) is 29.7 Å². The zero-order valence-corrected chi connectivity index (χ0v) is 12.0.